The van der Waals surface area contributed by atoms with Crippen LogP contribution in [0.5, 0.6) is 5.88 Å². The molecule has 1 aromatic heterocycles. The fraction of sp³-hybridized carbons (Fsp3) is 0.143. The Morgan fingerprint density at radius 1 is 1.47 bits per heavy atom. The molecule has 1 rings (SSSR count). The normalized spacial score (nSPS) is 11.5. The molecule has 8 heteroatoms. The van der Waals surface area contributed by atoms with Crippen LogP contribution in [0.2, 0.25) is 0 Å². The summed E-state index contributed by atoms with van der Waals surface area (Å²) in [6.45, 7) is 0. The van der Waals surface area contributed by atoms with Gasteiger partial charge in [-0.25, -0.2) is 0 Å². The second-order valence-corrected chi connectivity index (χ2v) is 2.89. The van der Waals surface area contributed by atoms with E-state index in [2.05, 4.69) is 0 Å². The molecule has 0 aromatic carbocycles. The minimum Gasteiger partial charge on any atom is -0.494 e. The van der Waals surface area contributed by atoms with Gasteiger partial charge in [-0.15, -0.1) is 0 Å². The number of carbonyl (C=O) groups is 1. The van der Waals surface area contributed by atoms with Crippen molar-refractivity contribution in [3.05, 3.63) is 27.5 Å². The smallest absolute Gasteiger partial charge is 0.417 e. The van der Waals surface area contributed by atoms with Crippen molar-refractivity contribution in [3.8, 4) is 5.88 Å². The van der Waals surface area contributed by atoms with Crippen LogP contribution in [0.25, 0.3) is 0 Å². The van der Waals surface area contributed by atoms with Crippen molar-refractivity contribution in [2.75, 3.05) is 0 Å². The zero-order valence-electron chi connectivity index (χ0n) is 6.85. The molecule has 0 aliphatic heterocycles. The average molecular weight is 242 g/mol. The summed E-state index contributed by atoms with van der Waals surface area (Å²) >= 11 is 4.85. The van der Waals surface area contributed by atoms with Crippen molar-refractivity contribution in [3.63, 3.8) is 0 Å². The Kier molecular flexibility index (Phi) is 2.76. The second kappa shape index (κ2) is 3.58. The van der Waals surface area contributed by atoms with Crippen molar-refractivity contribution >= 4 is 16.8 Å². The third-order valence-electron chi connectivity index (χ3n) is 1.53. The molecule has 15 heavy (non-hydrogen) atoms. The van der Waals surface area contributed by atoms with Gasteiger partial charge < -0.3 is 5.11 Å². The fourth-order valence-corrected chi connectivity index (χ4v) is 1.16. The first-order valence-electron chi connectivity index (χ1n) is 3.47. The van der Waals surface area contributed by atoms with Crippen LogP contribution in [0, 0.1) is 0 Å². The number of H-pyrrole nitrogens is 1. The molecule has 0 aliphatic carbocycles. The van der Waals surface area contributed by atoms with Gasteiger partial charge in [0.05, 0.1) is 5.56 Å². The van der Waals surface area contributed by atoms with Crippen molar-refractivity contribution in [2.24, 2.45) is 0 Å². The highest BCUT2D eigenvalue weighted by Gasteiger charge is 2.37. The second-order valence-electron chi connectivity index (χ2n) is 2.54. The summed E-state index contributed by atoms with van der Waals surface area (Å²) in [4.78, 5) is 22.9. The first-order chi connectivity index (χ1) is 6.73. The lowest BCUT2D eigenvalue weighted by Gasteiger charge is -2.10. The van der Waals surface area contributed by atoms with E-state index >= 15 is 0 Å². The monoisotopic (exact) mass is 241 g/mol. The summed E-state index contributed by atoms with van der Waals surface area (Å²) in [5, 5.41) is 7.44. The van der Waals surface area contributed by atoms with E-state index in [1.54, 1.807) is 4.98 Å². The van der Waals surface area contributed by atoms with Crippen LogP contribution in [0.15, 0.2) is 10.9 Å². The molecule has 0 aliphatic rings. The van der Waals surface area contributed by atoms with Gasteiger partial charge in [-0.3, -0.25) is 14.6 Å². The van der Waals surface area contributed by atoms with Gasteiger partial charge in [0.25, 0.3) is 10.8 Å². The van der Waals surface area contributed by atoms with E-state index < -0.39 is 34.0 Å². The van der Waals surface area contributed by atoms with Gasteiger partial charge in [-0.2, -0.15) is 13.2 Å². The van der Waals surface area contributed by atoms with Crippen LogP contribution in [-0.4, -0.2) is 15.3 Å². The number of aromatic amines is 1. The van der Waals surface area contributed by atoms with E-state index in [-0.39, 0.29) is 6.07 Å². The Morgan fingerprint density at radius 3 is 2.40 bits per heavy atom. The maximum atomic E-state index is 12.3. The summed E-state index contributed by atoms with van der Waals surface area (Å²) in [5.74, 6) is -1.20. The molecular weight excluding hydrogens is 239 g/mol. The molecule has 0 bridgehead atoms. The lowest BCUT2D eigenvalue weighted by Crippen LogP contribution is -2.17. The predicted octanol–water partition coefficient (Wildman–Crippen LogP) is 1.48. The topological polar surface area (TPSA) is 70.2 Å². The summed E-state index contributed by atoms with van der Waals surface area (Å²) in [7, 11) is 0. The van der Waals surface area contributed by atoms with Crippen LogP contribution in [0.4, 0.5) is 13.2 Å². The van der Waals surface area contributed by atoms with Gasteiger partial charge in [0.1, 0.15) is 5.56 Å². The van der Waals surface area contributed by atoms with Gasteiger partial charge in [-0.1, -0.05) is 0 Å². The maximum absolute atomic E-state index is 12.3. The summed E-state index contributed by atoms with van der Waals surface area (Å²) in [5.41, 5.74) is -3.91. The van der Waals surface area contributed by atoms with Crippen LogP contribution in [0.1, 0.15) is 15.9 Å². The molecule has 0 amide bonds. The standard InChI is InChI=1S/C7H3ClF3NO3/c8-5(14)4-2(7(9,10)11)1-3(13)12-6(4)15/h1H,(H2,12,13,15). The maximum Gasteiger partial charge on any atom is 0.417 e. The van der Waals surface area contributed by atoms with Crippen molar-refractivity contribution < 1.29 is 23.1 Å². The van der Waals surface area contributed by atoms with Gasteiger partial charge in [-0.05, 0) is 11.6 Å². The minimum absolute atomic E-state index is 0.148. The van der Waals surface area contributed by atoms with Crippen molar-refractivity contribution in [1.82, 2.24) is 4.98 Å². The molecule has 82 valence electrons. The quantitative estimate of drug-likeness (QED) is 0.732. The van der Waals surface area contributed by atoms with Crippen LogP contribution in [0.3, 0.4) is 0 Å². The summed E-state index contributed by atoms with van der Waals surface area (Å²) in [6.07, 6.45) is -4.94. The van der Waals surface area contributed by atoms with Crippen molar-refractivity contribution in [2.45, 2.75) is 6.18 Å². The predicted molar refractivity (Wildman–Crippen MR) is 43.9 cm³/mol. The number of hydrogen-bond acceptors (Lipinski definition) is 3. The van der Waals surface area contributed by atoms with Crippen LogP contribution in [-0.2, 0) is 6.18 Å². The number of pyridine rings is 1. The molecule has 1 heterocycles. The molecule has 0 spiro atoms. The highest BCUT2D eigenvalue weighted by molar-refractivity contribution is 6.68. The molecule has 0 radical (unpaired) electrons. The van der Waals surface area contributed by atoms with Crippen LogP contribution < -0.4 is 5.56 Å². The number of nitrogens with one attached hydrogen (secondary N) is 1. The van der Waals surface area contributed by atoms with Gasteiger partial charge in [0.15, 0.2) is 0 Å². The number of rotatable bonds is 1. The molecule has 0 fully saturated rings. The van der Waals surface area contributed by atoms with Gasteiger partial charge >= 0.3 is 6.18 Å². The number of alkyl halides is 3. The Labute approximate surface area is 85.3 Å². The lowest BCUT2D eigenvalue weighted by atomic mass is 10.1. The first kappa shape index (κ1) is 11.6. The lowest BCUT2D eigenvalue weighted by molar-refractivity contribution is -0.138. The molecule has 1 aromatic rings. The van der Waals surface area contributed by atoms with Crippen LogP contribution >= 0.6 is 11.6 Å². The van der Waals surface area contributed by atoms with E-state index in [0.717, 1.165) is 0 Å². The number of hydrogen-bond donors (Lipinski definition) is 2. The third kappa shape index (κ3) is 2.30. The number of aromatic nitrogens is 1. The SMILES string of the molecule is O=C(Cl)c1c(C(F)(F)F)cc(=O)[nH]c1O. The minimum atomic E-state index is -4.94. The summed E-state index contributed by atoms with van der Waals surface area (Å²) in [6, 6.07) is 0.148. The Morgan fingerprint density at radius 2 is 2.00 bits per heavy atom. The van der Waals surface area contributed by atoms with Gasteiger partial charge in [0.2, 0.25) is 5.88 Å². The molecule has 0 atom stereocenters. The van der Waals surface area contributed by atoms with Gasteiger partial charge in [0, 0.05) is 6.07 Å². The fourth-order valence-electron chi connectivity index (χ4n) is 0.969. The average Bonchev–Trinajstić information content (AvgIpc) is 1.99. The number of carbonyl (C=O) groups excluding carboxylic acids is 1. The highest BCUT2D eigenvalue weighted by atomic mass is 35.5. The molecule has 0 saturated heterocycles. The Hall–Kier alpha value is -1.50. The zero-order valence-corrected chi connectivity index (χ0v) is 7.61. The zero-order chi connectivity index (χ0) is 11.8. The number of halogens is 4. The molecule has 0 unspecified atom stereocenters. The van der Waals surface area contributed by atoms with E-state index in [1.807, 2.05) is 0 Å². The van der Waals surface area contributed by atoms with Crippen molar-refractivity contribution in [1.29, 1.82) is 0 Å². The summed E-state index contributed by atoms with van der Waals surface area (Å²) < 4.78 is 36.9. The largest absolute Gasteiger partial charge is 0.494 e. The Bertz CT molecular complexity index is 466. The first-order valence-corrected chi connectivity index (χ1v) is 3.84. The Balaban J connectivity index is 3.62. The molecule has 0 saturated carbocycles. The van der Waals surface area contributed by atoms with E-state index in [1.165, 1.54) is 0 Å². The third-order valence-corrected chi connectivity index (χ3v) is 1.71. The van der Waals surface area contributed by atoms with E-state index in [9.17, 15) is 22.8 Å². The van der Waals surface area contributed by atoms with E-state index in [0.29, 0.717) is 0 Å². The number of aromatic hydroxyl groups is 1. The molecule has 2 N–H and O–H groups in total. The van der Waals surface area contributed by atoms with E-state index in [4.69, 9.17) is 16.7 Å². The molecule has 4 nitrogen and oxygen atoms in total. The molecular formula is C7H3ClF3NO3. The highest BCUT2D eigenvalue weighted by Crippen LogP contribution is 2.34.